The van der Waals surface area contributed by atoms with Gasteiger partial charge in [-0.25, -0.2) is 0 Å². The number of methoxy groups -OCH3 is 2. The summed E-state index contributed by atoms with van der Waals surface area (Å²) in [6, 6.07) is 0. The third kappa shape index (κ3) is 7.27. The van der Waals surface area contributed by atoms with E-state index in [4.69, 9.17) is 9.47 Å². The summed E-state index contributed by atoms with van der Waals surface area (Å²) in [5.74, 6) is 0. The van der Waals surface area contributed by atoms with Gasteiger partial charge in [-0.1, -0.05) is 35.4 Å². The normalized spacial score (nSPS) is 18.3. The van der Waals surface area contributed by atoms with Gasteiger partial charge in [0.1, 0.15) is 0 Å². The molecule has 0 rings (SSSR count). The minimum absolute atomic E-state index is 0.310. The fourth-order valence-corrected chi connectivity index (χ4v) is 4.78. The molecule has 0 spiro atoms. The Morgan fingerprint density at radius 3 is 1.33 bits per heavy atom. The Bertz CT molecular complexity index is 192. The first-order chi connectivity index (χ1) is 8.45. The van der Waals surface area contributed by atoms with Gasteiger partial charge in [0.25, 0.3) is 0 Å². The summed E-state index contributed by atoms with van der Waals surface area (Å²) in [5, 5.41) is 0. The molecule has 0 aliphatic heterocycles. The smallest absolute Gasteiger partial charge is 0.0475 e. The highest BCUT2D eigenvalue weighted by molar-refractivity contribution is 8.77. The molecule has 4 heteroatoms. The summed E-state index contributed by atoms with van der Waals surface area (Å²) in [5.41, 5.74) is 0. The van der Waals surface area contributed by atoms with Gasteiger partial charge in [0.05, 0.1) is 0 Å². The Morgan fingerprint density at radius 1 is 0.778 bits per heavy atom. The molecule has 2 atom stereocenters. The summed E-state index contributed by atoms with van der Waals surface area (Å²) in [4.78, 5) is 0. The number of hydrogen-bond donors (Lipinski definition) is 0. The second kappa shape index (κ2) is 9.51. The van der Waals surface area contributed by atoms with E-state index in [0.29, 0.717) is 9.49 Å². The lowest BCUT2D eigenvalue weighted by Gasteiger charge is -2.33. The van der Waals surface area contributed by atoms with Gasteiger partial charge in [0, 0.05) is 36.9 Å². The molecule has 0 aromatic carbocycles. The van der Waals surface area contributed by atoms with Crippen molar-refractivity contribution < 1.29 is 9.47 Å². The third-order valence-corrected chi connectivity index (χ3v) is 8.15. The van der Waals surface area contributed by atoms with Crippen molar-refractivity contribution in [3.63, 3.8) is 0 Å². The van der Waals surface area contributed by atoms with Gasteiger partial charge in [-0.3, -0.25) is 0 Å². The molecule has 0 saturated heterocycles. The Hall–Kier alpha value is 0.620. The molecular formula is C14H30O2S2. The molecule has 0 radical (unpaired) electrons. The summed E-state index contributed by atoms with van der Waals surface area (Å²) in [6.07, 6.45) is 4.58. The summed E-state index contributed by atoms with van der Waals surface area (Å²) >= 11 is 0. The maximum absolute atomic E-state index is 5.22. The van der Waals surface area contributed by atoms with E-state index in [2.05, 4.69) is 27.7 Å². The van der Waals surface area contributed by atoms with E-state index >= 15 is 0 Å². The quantitative estimate of drug-likeness (QED) is 0.510. The van der Waals surface area contributed by atoms with Crippen molar-refractivity contribution in [3.05, 3.63) is 0 Å². The van der Waals surface area contributed by atoms with Crippen LogP contribution in [-0.2, 0) is 9.47 Å². The molecule has 0 amide bonds. The Balaban J connectivity index is 4.29. The number of ether oxygens (including phenoxy) is 2. The maximum Gasteiger partial charge on any atom is 0.0475 e. The van der Waals surface area contributed by atoms with Crippen molar-refractivity contribution in [2.24, 2.45) is 0 Å². The van der Waals surface area contributed by atoms with Gasteiger partial charge >= 0.3 is 0 Å². The average Bonchev–Trinajstić information content (AvgIpc) is 2.40. The monoisotopic (exact) mass is 294 g/mol. The predicted molar refractivity (Wildman–Crippen MR) is 85.6 cm³/mol. The summed E-state index contributed by atoms with van der Waals surface area (Å²) in [6.45, 7) is 10.9. The van der Waals surface area contributed by atoms with Gasteiger partial charge in [0.15, 0.2) is 0 Å². The molecule has 2 nitrogen and oxygen atoms in total. The molecule has 2 unspecified atom stereocenters. The summed E-state index contributed by atoms with van der Waals surface area (Å²) in [7, 11) is 7.61. The lowest BCUT2D eigenvalue weighted by molar-refractivity contribution is 0.184. The molecule has 0 aliphatic carbocycles. The van der Waals surface area contributed by atoms with E-state index in [1.165, 1.54) is 12.8 Å². The lowest BCUT2D eigenvalue weighted by atomic mass is 10.1. The van der Waals surface area contributed by atoms with Crippen LogP contribution in [0.3, 0.4) is 0 Å². The molecule has 0 saturated carbocycles. The van der Waals surface area contributed by atoms with E-state index in [0.717, 1.165) is 26.1 Å². The van der Waals surface area contributed by atoms with E-state index in [-0.39, 0.29) is 0 Å². The van der Waals surface area contributed by atoms with Gasteiger partial charge in [-0.05, 0) is 39.5 Å². The summed E-state index contributed by atoms with van der Waals surface area (Å²) < 4.78 is 11.1. The molecule has 0 aromatic heterocycles. The molecule has 0 heterocycles. The average molecular weight is 295 g/mol. The highest BCUT2D eigenvalue weighted by Gasteiger charge is 2.29. The van der Waals surface area contributed by atoms with Crippen molar-refractivity contribution in [3.8, 4) is 0 Å². The molecule has 0 aliphatic rings. The first-order valence-electron chi connectivity index (χ1n) is 6.80. The van der Waals surface area contributed by atoms with Gasteiger partial charge in [0.2, 0.25) is 0 Å². The van der Waals surface area contributed by atoms with Crippen molar-refractivity contribution in [1.29, 1.82) is 0 Å². The van der Waals surface area contributed by atoms with Crippen molar-refractivity contribution >= 4 is 21.6 Å². The Kier molecular flexibility index (Phi) is 9.84. The van der Waals surface area contributed by atoms with E-state index in [1.807, 2.05) is 21.6 Å². The first kappa shape index (κ1) is 18.6. The number of rotatable bonds is 11. The highest BCUT2D eigenvalue weighted by Crippen LogP contribution is 2.49. The molecule has 0 N–H and O–H groups in total. The van der Waals surface area contributed by atoms with E-state index in [1.54, 1.807) is 14.2 Å². The second-order valence-corrected chi connectivity index (χ2v) is 8.56. The largest absolute Gasteiger partial charge is 0.385 e. The second-order valence-electron chi connectivity index (χ2n) is 5.26. The van der Waals surface area contributed by atoms with Crippen LogP contribution in [0.1, 0.15) is 53.4 Å². The Labute approximate surface area is 121 Å². The topological polar surface area (TPSA) is 18.5 Å². The maximum atomic E-state index is 5.22. The number of hydrogen-bond acceptors (Lipinski definition) is 4. The SMILES string of the molecule is CCC(C)(CCOC)SSC(C)(CC)CCOC. The lowest BCUT2D eigenvalue weighted by Crippen LogP contribution is -2.25. The molecule has 18 heavy (non-hydrogen) atoms. The van der Waals surface area contributed by atoms with Crippen LogP contribution in [-0.4, -0.2) is 36.9 Å². The molecular weight excluding hydrogens is 264 g/mol. The van der Waals surface area contributed by atoms with Crippen LogP contribution in [0.15, 0.2) is 0 Å². The van der Waals surface area contributed by atoms with Crippen molar-refractivity contribution in [1.82, 2.24) is 0 Å². The highest BCUT2D eigenvalue weighted by atomic mass is 33.1. The van der Waals surface area contributed by atoms with Crippen LogP contribution in [0, 0.1) is 0 Å². The van der Waals surface area contributed by atoms with Gasteiger partial charge < -0.3 is 9.47 Å². The standard InChI is InChI=1S/C14H30O2S2/c1-7-13(3,9-11-15-5)17-18-14(4,8-2)10-12-16-6/h7-12H2,1-6H3. The van der Waals surface area contributed by atoms with Crippen molar-refractivity contribution in [2.45, 2.75) is 62.9 Å². The zero-order chi connectivity index (χ0) is 14.1. The zero-order valence-corrected chi connectivity index (χ0v) is 14.5. The van der Waals surface area contributed by atoms with Crippen LogP contribution in [0.4, 0.5) is 0 Å². The predicted octanol–water partition coefficient (Wildman–Crippen LogP) is 4.78. The van der Waals surface area contributed by atoms with Crippen LogP contribution in [0.5, 0.6) is 0 Å². The van der Waals surface area contributed by atoms with Crippen LogP contribution >= 0.6 is 21.6 Å². The first-order valence-corrected chi connectivity index (χ1v) is 8.95. The minimum atomic E-state index is 0.310. The molecule has 0 fully saturated rings. The fraction of sp³-hybridized carbons (Fsp3) is 1.00. The van der Waals surface area contributed by atoms with E-state index in [9.17, 15) is 0 Å². The molecule has 0 bridgehead atoms. The fourth-order valence-electron chi connectivity index (χ4n) is 1.39. The van der Waals surface area contributed by atoms with Gasteiger partial charge in [-0.15, -0.1) is 0 Å². The van der Waals surface area contributed by atoms with Gasteiger partial charge in [-0.2, -0.15) is 0 Å². The Morgan fingerprint density at radius 2 is 1.11 bits per heavy atom. The van der Waals surface area contributed by atoms with Crippen LogP contribution in [0.2, 0.25) is 0 Å². The zero-order valence-electron chi connectivity index (χ0n) is 12.9. The third-order valence-electron chi connectivity index (χ3n) is 3.61. The van der Waals surface area contributed by atoms with Crippen LogP contribution < -0.4 is 0 Å². The minimum Gasteiger partial charge on any atom is -0.385 e. The molecule has 110 valence electrons. The molecule has 0 aromatic rings. The van der Waals surface area contributed by atoms with Crippen molar-refractivity contribution in [2.75, 3.05) is 27.4 Å². The van der Waals surface area contributed by atoms with E-state index < -0.39 is 0 Å². The van der Waals surface area contributed by atoms with Crippen LogP contribution in [0.25, 0.3) is 0 Å².